The third-order valence-electron chi connectivity index (χ3n) is 2.65. The summed E-state index contributed by atoms with van der Waals surface area (Å²) in [5, 5.41) is 9.91. The van der Waals surface area contributed by atoms with Gasteiger partial charge in [-0.3, -0.25) is 5.10 Å². The molecule has 6 heteroatoms. The van der Waals surface area contributed by atoms with Gasteiger partial charge in [0.1, 0.15) is 18.0 Å². The number of halogens is 2. The van der Waals surface area contributed by atoms with E-state index in [1.165, 1.54) is 12.4 Å². The molecule has 0 radical (unpaired) electrons. The highest BCUT2D eigenvalue weighted by atomic mass is 79.9. The number of nitrogens with one attached hydrogen (secondary N) is 2. The summed E-state index contributed by atoms with van der Waals surface area (Å²) in [6.07, 6.45) is 1.99. The van der Waals surface area contributed by atoms with Crippen LogP contribution in [0.3, 0.4) is 0 Å². The Bertz CT molecular complexity index is 501. The highest BCUT2D eigenvalue weighted by Gasteiger charge is 2.16. The SMILES string of the molecule is CCNC(Cc1ccc(Br)cc1F)c1ncn[nH]1. The summed E-state index contributed by atoms with van der Waals surface area (Å²) in [7, 11) is 0. The maximum absolute atomic E-state index is 13.8. The lowest BCUT2D eigenvalue weighted by Crippen LogP contribution is -2.24. The zero-order valence-electron chi connectivity index (χ0n) is 9.95. The number of H-pyrrole nitrogens is 1. The third-order valence-corrected chi connectivity index (χ3v) is 3.15. The second kappa shape index (κ2) is 6.06. The van der Waals surface area contributed by atoms with Crippen molar-refractivity contribution < 1.29 is 4.39 Å². The van der Waals surface area contributed by atoms with Gasteiger partial charge in [0, 0.05) is 4.47 Å². The Labute approximate surface area is 113 Å². The van der Waals surface area contributed by atoms with Crippen LogP contribution in [0.2, 0.25) is 0 Å². The molecule has 96 valence electrons. The van der Waals surface area contributed by atoms with E-state index in [2.05, 4.69) is 36.4 Å². The Balaban J connectivity index is 2.18. The first kappa shape index (κ1) is 13.2. The molecule has 4 nitrogen and oxygen atoms in total. The maximum Gasteiger partial charge on any atom is 0.141 e. The molecule has 1 heterocycles. The molecule has 0 aliphatic carbocycles. The van der Waals surface area contributed by atoms with E-state index in [-0.39, 0.29) is 11.9 Å². The number of hydrogen-bond donors (Lipinski definition) is 2. The van der Waals surface area contributed by atoms with Gasteiger partial charge in [0.05, 0.1) is 6.04 Å². The zero-order valence-corrected chi connectivity index (χ0v) is 11.5. The van der Waals surface area contributed by atoms with Crippen molar-refractivity contribution in [1.82, 2.24) is 20.5 Å². The van der Waals surface area contributed by atoms with Gasteiger partial charge in [-0.2, -0.15) is 5.10 Å². The lowest BCUT2D eigenvalue weighted by atomic mass is 10.0. The molecule has 0 fully saturated rings. The normalized spacial score (nSPS) is 12.6. The highest BCUT2D eigenvalue weighted by molar-refractivity contribution is 9.10. The van der Waals surface area contributed by atoms with Crippen molar-refractivity contribution in [3.63, 3.8) is 0 Å². The fourth-order valence-electron chi connectivity index (χ4n) is 1.80. The average molecular weight is 313 g/mol. The van der Waals surface area contributed by atoms with E-state index in [9.17, 15) is 4.39 Å². The molecule has 0 saturated heterocycles. The minimum Gasteiger partial charge on any atom is -0.307 e. The molecule has 0 saturated carbocycles. The van der Waals surface area contributed by atoms with E-state index in [1.54, 1.807) is 6.07 Å². The van der Waals surface area contributed by atoms with Crippen molar-refractivity contribution in [2.24, 2.45) is 0 Å². The monoisotopic (exact) mass is 312 g/mol. The van der Waals surface area contributed by atoms with Gasteiger partial charge < -0.3 is 5.32 Å². The van der Waals surface area contributed by atoms with Crippen molar-refractivity contribution in [3.05, 3.63) is 46.2 Å². The van der Waals surface area contributed by atoms with Gasteiger partial charge in [-0.1, -0.05) is 28.9 Å². The number of rotatable bonds is 5. The van der Waals surface area contributed by atoms with Crippen LogP contribution in [-0.4, -0.2) is 21.7 Å². The minimum atomic E-state index is -0.216. The van der Waals surface area contributed by atoms with Crippen LogP contribution in [0, 0.1) is 5.82 Å². The van der Waals surface area contributed by atoms with Crippen molar-refractivity contribution in [3.8, 4) is 0 Å². The number of aromatic nitrogens is 3. The van der Waals surface area contributed by atoms with E-state index in [0.29, 0.717) is 12.0 Å². The number of likely N-dealkylation sites (N-methyl/N-ethyl adjacent to an activating group) is 1. The molecule has 2 N–H and O–H groups in total. The number of nitrogens with zero attached hydrogens (tertiary/aromatic N) is 2. The van der Waals surface area contributed by atoms with Gasteiger partial charge >= 0.3 is 0 Å². The number of benzene rings is 1. The quantitative estimate of drug-likeness (QED) is 0.892. The molecule has 2 rings (SSSR count). The Hall–Kier alpha value is -1.27. The predicted octanol–water partition coefficient (Wildman–Crippen LogP) is 2.60. The van der Waals surface area contributed by atoms with Crippen LogP contribution in [0.1, 0.15) is 24.4 Å². The topological polar surface area (TPSA) is 53.6 Å². The number of hydrogen-bond acceptors (Lipinski definition) is 3. The first-order valence-corrected chi connectivity index (χ1v) is 6.52. The molecule has 1 aromatic carbocycles. The highest BCUT2D eigenvalue weighted by Crippen LogP contribution is 2.20. The van der Waals surface area contributed by atoms with Crippen molar-refractivity contribution in [1.29, 1.82) is 0 Å². The Morgan fingerprint density at radius 1 is 1.50 bits per heavy atom. The summed E-state index contributed by atoms with van der Waals surface area (Å²) < 4.78 is 14.5. The van der Waals surface area contributed by atoms with Gasteiger partial charge in [-0.15, -0.1) is 0 Å². The van der Waals surface area contributed by atoms with Crippen LogP contribution in [0.25, 0.3) is 0 Å². The molecule has 0 aliphatic rings. The van der Waals surface area contributed by atoms with Crippen LogP contribution < -0.4 is 5.32 Å². The fraction of sp³-hybridized carbons (Fsp3) is 0.333. The van der Waals surface area contributed by atoms with E-state index in [1.807, 2.05) is 13.0 Å². The third kappa shape index (κ3) is 3.14. The second-order valence-corrected chi connectivity index (χ2v) is 4.84. The Kier molecular flexibility index (Phi) is 4.43. The largest absolute Gasteiger partial charge is 0.307 e. The lowest BCUT2D eigenvalue weighted by Gasteiger charge is -2.15. The predicted molar refractivity (Wildman–Crippen MR) is 70.6 cm³/mol. The summed E-state index contributed by atoms with van der Waals surface area (Å²) in [5.41, 5.74) is 0.653. The molecule has 1 aromatic heterocycles. The van der Waals surface area contributed by atoms with Crippen molar-refractivity contribution >= 4 is 15.9 Å². The molecule has 2 aromatic rings. The first-order chi connectivity index (χ1) is 8.70. The molecule has 18 heavy (non-hydrogen) atoms. The van der Waals surface area contributed by atoms with Gasteiger partial charge in [0.15, 0.2) is 0 Å². The van der Waals surface area contributed by atoms with Gasteiger partial charge in [-0.25, -0.2) is 9.37 Å². The van der Waals surface area contributed by atoms with E-state index < -0.39 is 0 Å². The van der Waals surface area contributed by atoms with Crippen LogP contribution >= 0.6 is 15.9 Å². The van der Waals surface area contributed by atoms with Crippen molar-refractivity contribution in [2.45, 2.75) is 19.4 Å². The van der Waals surface area contributed by atoms with Gasteiger partial charge in [0.25, 0.3) is 0 Å². The first-order valence-electron chi connectivity index (χ1n) is 5.73. The molecular formula is C12H14BrFN4. The summed E-state index contributed by atoms with van der Waals surface area (Å²) in [4.78, 5) is 4.12. The lowest BCUT2D eigenvalue weighted by molar-refractivity contribution is 0.507. The van der Waals surface area contributed by atoms with Gasteiger partial charge in [-0.05, 0) is 30.7 Å². The van der Waals surface area contributed by atoms with E-state index in [4.69, 9.17) is 0 Å². The molecule has 1 unspecified atom stereocenters. The Morgan fingerprint density at radius 2 is 2.33 bits per heavy atom. The van der Waals surface area contributed by atoms with Crippen LogP contribution in [0.5, 0.6) is 0 Å². The van der Waals surface area contributed by atoms with Crippen LogP contribution in [0.15, 0.2) is 29.0 Å². The summed E-state index contributed by atoms with van der Waals surface area (Å²) in [6.45, 7) is 2.78. The fourth-order valence-corrected chi connectivity index (χ4v) is 2.14. The zero-order chi connectivity index (χ0) is 13.0. The average Bonchev–Trinajstić information content (AvgIpc) is 2.85. The van der Waals surface area contributed by atoms with E-state index in [0.717, 1.165) is 16.8 Å². The molecule has 0 bridgehead atoms. The molecule has 0 aliphatic heterocycles. The van der Waals surface area contributed by atoms with Crippen molar-refractivity contribution in [2.75, 3.05) is 6.54 Å². The van der Waals surface area contributed by atoms with E-state index >= 15 is 0 Å². The van der Waals surface area contributed by atoms with Crippen LogP contribution in [-0.2, 0) is 6.42 Å². The summed E-state index contributed by atoms with van der Waals surface area (Å²) >= 11 is 3.25. The molecule has 1 atom stereocenters. The molecule has 0 spiro atoms. The standard InChI is InChI=1S/C12H14BrFN4/c1-2-15-11(12-16-7-17-18-12)5-8-3-4-9(13)6-10(8)14/h3-4,6-7,11,15H,2,5H2,1H3,(H,16,17,18). The summed E-state index contributed by atoms with van der Waals surface area (Å²) in [6, 6.07) is 5.02. The van der Waals surface area contributed by atoms with Crippen LogP contribution in [0.4, 0.5) is 4.39 Å². The maximum atomic E-state index is 13.8. The Morgan fingerprint density at radius 3 is 2.94 bits per heavy atom. The second-order valence-electron chi connectivity index (χ2n) is 3.92. The molecule has 0 amide bonds. The minimum absolute atomic E-state index is 0.0619. The van der Waals surface area contributed by atoms with Gasteiger partial charge in [0.2, 0.25) is 0 Å². The summed E-state index contributed by atoms with van der Waals surface area (Å²) in [5.74, 6) is 0.506. The number of aromatic amines is 1. The molecular weight excluding hydrogens is 299 g/mol. The smallest absolute Gasteiger partial charge is 0.141 e.